The van der Waals surface area contributed by atoms with Crippen LogP contribution in [-0.4, -0.2) is 37.2 Å². The Kier molecular flexibility index (Phi) is 56.8. The first-order valence-corrected chi connectivity index (χ1v) is 30.2. The van der Waals surface area contributed by atoms with Crippen molar-refractivity contribution in [1.29, 1.82) is 0 Å². The summed E-state index contributed by atoms with van der Waals surface area (Å²) in [4.78, 5) is 37.9. The third-order valence-electron chi connectivity index (χ3n) is 12.8. The lowest BCUT2D eigenvalue weighted by molar-refractivity contribution is -0.167. The molecule has 0 amide bonds. The van der Waals surface area contributed by atoms with Crippen LogP contribution >= 0.6 is 0 Å². The minimum Gasteiger partial charge on any atom is -0.462 e. The highest BCUT2D eigenvalue weighted by Crippen LogP contribution is 2.16. The number of rotatable bonds is 54. The van der Waals surface area contributed by atoms with Gasteiger partial charge in [0.2, 0.25) is 0 Å². The zero-order chi connectivity index (χ0) is 52.2. The average Bonchev–Trinajstić information content (AvgIpc) is 3.38. The molecule has 0 N–H and O–H groups in total. The van der Waals surface area contributed by atoms with E-state index >= 15 is 0 Å². The van der Waals surface area contributed by atoms with Crippen LogP contribution in [0.25, 0.3) is 0 Å². The van der Waals surface area contributed by atoms with Gasteiger partial charge in [-0.25, -0.2) is 0 Å². The van der Waals surface area contributed by atoms with Gasteiger partial charge in [-0.05, 0) is 96.3 Å². The number of hydrogen-bond donors (Lipinski definition) is 0. The molecule has 1 unspecified atom stereocenters. The minimum absolute atomic E-state index is 0.0997. The fourth-order valence-electron chi connectivity index (χ4n) is 8.31. The second kappa shape index (κ2) is 59.9. The molecule has 6 nitrogen and oxygen atoms in total. The molecule has 1 atom stereocenters. The molecule has 0 aromatic heterocycles. The highest BCUT2D eigenvalue weighted by Gasteiger charge is 2.19. The van der Waals surface area contributed by atoms with Gasteiger partial charge >= 0.3 is 17.9 Å². The van der Waals surface area contributed by atoms with Gasteiger partial charge in [-0.3, -0.25) is 14.4 Å². The van der Waals surface area contributed by atoms with E-state index in [0.29, 0.717) is 19.3 Å². The van der Waals surface area contributed by atoms with E-state index in [-0.39, 0.29) is 37.5 Å². The smallest absolute Gasteiger partial charge is 0.306 e. The van der Waals surface area contributed by atoms with Crippen LogP contribution in [-0.2, 0) is 28.6 Å². The first-order valence-electron chi connectivity index (χ1n) is 30.2. The van der Waals surface area contributed by atoms with Crippen LogP contribution in [0.4, 0.5) is 0 Å². The Morgan fingerprint density at radius 1 is 0.292 bits per heavy atom. The lowest BCUT2D eigenvalue weighted by Gasteiger charge is -2.18. The number of hydrogen-bond acceptors (Lipinski definition) is 6. The maximum absolute atomic E-state index is 12.8. The predicted octanol–water partition coefficient (Wildman–Crippen LogP) is 20.5. The second-order valence-corrected chi connectivity index (χ2v) is 19.9. The van der Waals surface area contributed by atoms with Gasteiger partial charge in [0.1, 0.15) is 13.2 Å². The molecule has 0 aliphatic heterocycles. The number of carbonyl (C=O) groups excluding carboxylic acids is 3. The van der Waals surface area contributed by atoms with Crippen molar-refractivity contribution in [2.45, 2.75) is 290 Å². The van der Waals surface area contributed by atoms with Gasteiger partial charge in [0.15, 0.2) is 6.10 Å². The van der Waals surface area contributed by atoms with Crippen molar-refractivity contribution < 1.29 is 28.6 Å². The zero-order valence-electron chi connectivity index (χ0n) is 47.2. The van der Waals surface area contributed by atoms with E-state index < -0.39 is 6.10 Å². The number of ether oxygens (including phenoxy) is 3. The molecule has 0 aromatic carbocycles. The van der Waals surface area contributed by atoms with Crippen LogP contribution in [0.3, 0.4) is 0 Å². The summed E-state index contributed by atoms with van der Waals surface area (Å²) in [6, 6.07) is 0. The van der Waals surface area contributed by atoms with E-state index in [1.54, 1.807) is 0 Å². The van der Waals surface area contributed by atoms with Gasteiger partial charge in [-0.2, -0.15) is 0 Å². The van der Waals surface area contributed by atoms with E-state index in [9.17, 15) is 14.4 Å². The second-order valence-electron chi connectivity index (χ2n) is 19.9. The third-order valence-corrected chi connectivity index (χ3v) is 12.8. The van der Waals surface area contributed by atoms with Crippen molar-refractivity contribution in [3.8, 4) is 0 Å². The van der Waals surface area contributed by atoms with Crippen molar-refractivity contribution in [1.82, 2.24) is 0 Å². The minimum atomic E-state index is -0.805. The number of allylic oxidation sites excluding steroid dienone is 16. The molecule has 0 aliphatic carbocycles. The molecule has 0 fully saturated rings. The highest BCUT2D eigenvalue weighted by molar-refractivity contribution is 5.71. The highest BCUT2D eigenvalue weighted by atomic mass is 16.6. The number of carbonyl (C=O) groups is 3. The fourth-order valence-corrected chi connectivity index (χ4v) is 8.31. The SMILES string of the molecule is CC/C=C\C/C=C\C/C=C\C/C=C\C/C=C\C/C=C\C/C=C\CCCC(=O)OC(COC(=O)CCCCCCCC)COC(=O)CCCCCCCCCCCCCCC/C=C\CCCCCCCCCC. The first kappa shape index (κ1) is 68.3. The summed E-state index contributed by atoms with van der Waals surface area (Å²) >= 11 is 0. The standard InChI is InChI=1S/C66H112O6/c1-4-7-10-13-16-18-20-22-24-26-28-30-32-33-35-36-38-40-42-44-46-48-50-53-56-59-65(68)71-62-63(61-70-64(67)58-55-52-15-12-9-6-3)72-66(69)60-57-54-51-49-47-45-43-41-39-37-34-31-29-27-25-23-21-19-17-14-11-8-5-2/h8,11,17,19,23,25-26,28-29,31,37,39,43,45,49,51,63H,4-7,9-10,12-16,18,20-22,24,27,30,32-36,38,40-42,44,46-48,50,52-62H2,1-3H3/b11-8-,19-17-,25-23-,28-26-,31-29-,39-37-,45-43-,51-49-. The summed E-state index contributed by atoms with van der Waals surface area (Å²) < 4.78 is 16.7. The summed E-state index contributed by atoms with van der Waals surface area (Å²) in [5.74, 6) is -0.966. The molecule has 72 heavy (non-hydrogen) atoms. The summed E-state index contributed by atoms with van der Waals surface area (Å²) in [6.07, 6.45) is 80.2. The Morgan fingerprint density at radius 2 is 0.556 bits per heavy atom. The van der Waals surface area contributed by atoms with Crippen LogP contribution in [0, 0.1) is 0 Å². The van der Waals surface area contributed by atoms with Crippen molar-refractivity contribution in [3.63, 3.8) is 0 Å². The molecule has 0 saturated carbocycles. The molecule has 0 rings (SSSR count). The lowest BCUT2D eigenvalue weighted by atomic mass is 10.0. The normalized spacial score (nSPS) is 12.8. The van der Waals surface area contributed by atoms with E-state index in [4.69, 9.17) is 14.2 Å². The number of unbranched alkanes of at least 4 members (excludes halogenated alkanes) is 27. The van der Waals surface area contributed by atoms with Crippen LogP contribution in [0.15, 0.2) is 97.2 Å². The summed E-state index contributed by atoms with van der Waals surface area (Å²) in [5, 5.41) is 0. The van der Waals surface area contributed by atoms with Gasteiger partial charge < -0.3 is 14.2 Å². The Hall–Kier alpha value is -3.67. The molecule has 0 heterocycles. The third kappa shape index (κ3) is 57.2. The molecule has 6 heteroatoms. The van der Waals surface area contributed by atoms with Gasteiger partial charge in [0, 0.05) is 19.3 Å². The van der Waals surface area contributed by atoms with E-state index in [1.165, 1.54) is 148 Å². The Balaban J connectivity index is 4.21. The Morgan fingerprint density at radius 3 is 0.903 bits per heavy atom. The summed E-state index contributed by atoms with van der Waals surface area (Å²) in [7, 11) is 0. The van der Waals surface area contributed by atoms with Crippen molar-refractivity contribution in [2.24, 2.45) is 0 Å². The monoisotopic (exact) mass is 1000 g/mol. The summed E-state index contributed by atoms with van der Waals surface area (Å²) in [5.41, 5.74) is 0. The van der Waals surface area contributed by atoms with Crippen molar-refractivity contribution >= 4 is 17.9 Å². The Bertz CT molecular complexity index is 1430. The predicted molar refractivity (Wildman–Crippen MR) is 311 cm³/mol. The van der Waals surface area contributed by atoms with E-state index in [2.05, 4.69) is 118 Å². The maximum Gasteiger partial charge on any atom is 0.306 e. The molecular formula is C66H112O6. The topological polar surface area (TPSA) is 78.9 Å². The quantitative estimate of drug-likeness (QED) is 0.0261. The van der Waals surface area contributed by atoms with Crippen LogP contribution in [0.5, 0.6) is 0 Å². The van der Waals surface area contributed by atoms with Crippen molar-refractivity contribution in [3.05, 3.63) is 97.2 Å². The largest absolute Gasteiger partial charge is 0.462 e. The molecule has 0 aromatic rings. The zero-order valence-corrected chi connectivity index (χ0v) is 47.2. The van der Waals surface area contributed by atoms with Crippen LogP contribution in [0.1, 0.15) is 284 Å². The first-order chi connectivity index (χ1) is 35.5. The molecule has 0 saturated heterocycles. The number of esters is 3. The molecule has 0 aliphatic rings. The maximum atomic E-state index is 12.8. The molecule has 0 radical (unpaired) electrons. The van der Waals surface area contributed by atoms with Gasteiger partial charge in [-0.15, -0.1) is 0 Å². The average molecular weight is 1000 g/mol. The van der Waals surface area contributed by atoms with Gasteiger partial charge in [0.05, 0.1) is 0 Å². The molecule has 0 spiro atoms. The molecule has 412 valence electrons. The van der Waals surface area contributed by atoms with Crippen LogP contribution < -0.4 is 0 Å². The van der Waals surface area contributed by atoms with Gasteiger partial charge in [0.25, 0.3) is 0 Å². The van der Waals surface area contributed by atoms with E-state index in [0.717, 1.165) is 89.9 Å². The van der Waals surface area contributed by atoms with E-state index in [1.807, 2.05) is 0 Å². The lowest BCUT2D eigenvalue weighted by Crippen LogP contribution is -2.30. The molecule has 0 bridgehead atoms. The fraction of sp³-hybridized carbons (Fsp3) is 0.712. The molecular weight excluding hydrogens is 889 g/mol. The summed E-state index contributed by atoms with van der Waals surface area (Å²) in [6.45, 7) is 6.43. The van der Waals surface area contributed by atoms with Crippen LogP contribution in [0.2, 0.25) is 0 Å². The van der Waals surface area contributed by atoms with Crippen molar-refractivity contribution in [2.75, 3.05) is 13.2 Å². The Labute approximate surface area is 445 Å². The van der Waals surface area contributed by atoms with Gasteiger partial charge in [-0.1, -0.05) is 266 Å².